The third kappa shape index (κ3) is 22.6. The van der Waals surface area contributed by atoms with Crippen molar-refractivity contribution in [3.63, 3.8) is 0 Å². The van der Waals surface area contributed by atoms with E-state index in [1.807, 2.05) is 0 Å². The summed E-state index contributed by atoms with van der Waals surface area (Å²) >= 11 is 3.68. The first-order valence-electron chi connectivity index (χ1n) is 8.64. The lowest BCUT2D eigenvalue weighted by atomic mass is 10.1. The van der Waals surface area contributed by atoms with E-state index in [-0.39, 0.29) is 5.12 Å². The van der Waals surface area contributed by atoms with Gasteiger partial charge in [0.15, 0.2) is 13.4 Å². The van der Waals surface area contributed by atoms with E-state index in [9.17, 15) is 4.79 Å². The maximum atomic E-state index is 10.3. The van der Waals surface area contributed by atoms with E-state index in [4.69, 9.17) is 4.43 Å². The van der Waals surface area contributed by atoms with E-state index < -0.39 is 8.32 Å². The molecule has 0 atom stereocenters. The summed E-state index contributed by atoms with van der Waals surface area (Å²) in [5.41, 5.74) is 0. The first kappa shape index (κ1) is 23.5. The highest BCUT2D eigenvalue weighted by Gasteiger charge is 2.22. The van der Waals surface area contributed by atoms with E-state index in [1.54, 1.807) is 0 Å². The second kappa shape index (κ2) is 15.1. The Kier molecular flexibility index (Phi) is 16.9. The average molecular weight is 335 g/mol. The Morgan fingerprint density at radius 1 is 1.00 bits per heavy atom. The molecule has 0 saturated heterocycles. The van der Waals surface area contributed by atoms with Gasteiger partial charge in [-0.05, 0) is 39.4 Å². The zero-order chi connectivity index (χ0) is 16.7. The number of carbonyl (C=O) groups is 1. The Labute approximate surface area is 140 Å². The Hall–Kier alpha value is 0.197. The fourth-order valence-corrected chi connectivity index (χ4v) is 4.94. The number of unbranched alkanes of at least 4 members (excludes halogenated alkanes) is 5. The molecule has 0 aromatic rings. The summed E-state index contributed by atoms with van der Waals surface area (Å²) < 4.78 is 5.88. The average Bonchev–Trinajstić information content (AvgIpc) is 2.35. The zero-order valence-electron chi connectivity index (χ0n) is 15.2. The van der Waals surface area contributed by atoms with Gasteiger partial charge in [-0.3, -0.25) is 4.79 Å². The van der Waals surface area contributed by atoms with Gasteiger partial charge in [-0.25, -0.2) is 0 Å². The van der Waals surface area contributed by atoms with E-state index in [1.165, 1.54) is 44.6 Å². The van der Waals surface area contributed by atoms with Gasteiger partial charge in [0.25, 0.3) is 0 Å². The third-order valence-corrected chi connectivity index (χ3v) is 6.07. The maximum absolute atomic E-state index is 10.3. The SMILES string of the molecule is CCCCCCCC(=O)S.CCCC[Si](C)(C)OC(C)C. The van der Waals surface area contributed by atoms with E-state index in [2.05, 4.69) is 53.4 Å². The minimum atomic E-state index is -1.29. The summed E-state index contributed by atoms with van der Waals surface area (Å²) in [6.45, 7) is 13.3. The maximum Gasteiger partial charge on any atom is 0.187 e. The Balaban J connectivity index is 0. The van der Waals surface area contributed by atoms with Crippen LogP contribution in [0.25, 0.3) is 0 Å². The van der Waals surface area contributed by atoms with Gasteiger partial charge in [-0.2, -0.15) is 0 Å². The second-order valence-corrected chi connectivity index (χ2v) is 11.3. The minimum absolute atomic E-state index is 0.0245. The zero-order valence-corrected chi connectivity index (χ0v) is 17.1. The Morgan fingerprint density at radius 2 is 1.52 bits per heavy atom. The molecule has 0 rings (SSSR count). The van der Waals surface area contributed by atoms with Crippen molar-refractivity contribution in [3.8, 4) is 0 Å². The number of carbonyl (C=O) groups excluding carboxylic acids is 1. The van der Waals surface area contributed by atoms with Crippen LogP contribution in [-0.4, -0.2) is 19.5 Å². The van der Waals surface area contributed by atoms with Crippen LogP contribution in [-0.2, 0) is 9.22 Å². The lowest BCUT2D eigenvalue weighted by Gasteiger charge is -2.25. The van der Waals surface area contributed by atoms with E-state index >= 15 is 0 Å². The molecule has 0 spiro atoms. The summed E-state index contributed by atoms with van der Waals surface area (Å²) in [4.78, 5) is 10.3. The predicted molar refractivity (Wildman–Crippen MR) is 101 cm³/mol. The van der Waals surface area contributed by atoms with Crippen molar-refractivity contribution in [2.45, 2.75) is 104 Å². The molecule has 0 aromatic heterocycles. The highest BCUT2D eigenvalue weighted by molar-refractivity contribution is 7.96. The molecule has 0 radical (unpaired) electrons. The third-order valence-electron chi connectivity index (χ3n) is 3.18. The molecular formula is C17H38O2SSi. The smallest absolute Gasteiger partial charge is 0.187 e. The standard InChI is InChI=1S/C9H22OSi.C8H16OS/c1-6-7-8-11(4,5)10-9(2)3;1-2-3-4-5-6-7-8(9)10/h9H,6-8H2,1-5H3;2-7H2,1H3,(H,9,10). The normalized spacial score (nSPS) is 11.2. The van der Waals surface area contributed by atoms with Crippen molar-refractivity contribution in [2.24, 2.45) is 0 Å². The van der Waals surface area contributed by atoms with Gasteiger partial charge < -0.3 is 4.43 Å². The van der Waals surface area contributed by atoms with Gasteiger partial charge in [0, 0.05) is 12.5 Å². The molecule has 0 amide bonds. The van der Waals surface area contributed by atoms with Gasteiger partial charge in [0.05, 0.1) is 0 Å². The van der Waals surface area contributed by atoms with Crippen molar-refractivity contribution < 1.29 is 9.22 Å². The molecule has 0 aliphatic rings. The van der Waals surface area contributed by atoms with Crippen LogP contribution < -0.4 is 0 Å². The molecule has 0 saturated carbocycles. The molecule has 0 aliphatic carbocycles. The molecule has 0 aromatic carbocycles. The van der Waals surface area contributed by atoms with E-state index in [0.717, 1.165) is 6.42 Å². The summed E-state index contributed by atoms with van der Waals surface area (Å²) in [5.74, 6) is 0. The lowest BCUT2D eigenvalue weighted by molar-refractivity contribution is -0.110. The van der Waals surface area contributed by atoms with Crippen LogP contribution >= 0.6 is 12.6 Å². The Bertz CT molecular complexity index is 243. The van der Waals surface area contributed by atoms with Crippen LogP contribution in [0.5, 0.6) is 0 Å². The molecule has 0 aliphatic heterocycles. The van der Waals surface area contributed by atoms with Gasteiger partial charge >= 0.3 is 0 Å². The van der Waals surface area contributed by atoms with Crippen LogP contribution in [0.4, 0.5) is 0 Å². The highest BCUT2D eigenvalue weighted by Crippen LogP contribution is 2.16. The van der Waals surface area contributed by atoms with Crippen LogP contribution in [0.3, 0.4) is 0 Å². The van der Waals surface area contributed by atoms with Crippen molar-refractivity contribution in [3.05, 3.63) is 0 Å². The topological polar surface area (TPSA) is 26.3 Å². The first-order chi connectivity index (χ1) is 9.75. The number of thiol groups is 1. The number of rotatable bonds is 11. The molecule has 0 unspecified atom stereocenters. The molecule has 21 heavy (non-hydrogen) atoms. The summed E-state index contributed by atoms with van der Waals surface area (Å²) in [6.07, 6.45) is 9.68. The van der Waals surface area contributed by atoms with Crippen molar-refractivity contribution in [2.75, 3.05) is 0 Å². The Morgan fingerprint density at radius 3 is 1.95 bits per heavy atom. The number of hydrogen-bond donors (Lipinski definition) is 1. The molecule has 128 valence electrons. The molecule has 2 nitrogen and oxygen atoms in total. The fourth-order valence-electron chi connectivity index (χ4n) is 2.18. The van der Waals surface area contributed by atoms with Crippen LogP contribution in [0.15, 0.2) is 0 Å². The van der Waals surface area contributed by atoms with Gasteiger partial charge in [-0.15, -0.1) is 12.6 Å². The molecule has 0 heterocycles. The molecule has 0 N–H and O–H groups in total. The first-order valence-corrected chi connectivity index (χ1v) is 12.2. The van der Waals surface area contributed by atoms with Crippen LogP contribution in [0.2, 0.25) is 19.1 Å². The minimum Gasteiger partial charge on any atom is -0.415 e. The molecule has 4 heteroatoms. The van der Waals surface area contributed by atoms with Gasteiger partial charge in [-0.1, -0.05) is 52.4 Å². The van der Waals surface area contributed by atoms with Crippen LogP contribution in [0.1, 0.15) is 79.1 Å². The van der Waals surface area contributed by atoms with Crippen molar-refractivity contribution >= 4 is 26.1 Å². The van der Waals surface area contributed by atoms with Gasteiger partial charge in [0.1, 0.15) is 0 Å². The highest BCUT2D eigenvalue weighted by atomic mass is 32.1. The van der Waals surface area contributed by atoms with Crippen molar-refractivity contribution in [1.29, 1.82) is 0 Å². The summed E-state index contributed by atoms with van der Waals surface area (Å²) in [6, 6.07) is 1.31. The molecular weight excluding hydrogens is 296 g/mol. The quantitative estimate of drug-likeness (QED) is 0.276. The van der Waals surface area contributed by atoms with Gasteiger partial charge in [0.2, 0.25) is 0 Å². The largest absolute Gasteiger partial charge is 0.415 e. The fraction of sp³-hybridized carbons (Fsp3) is 0.941. The van der Waals surface area contributed by atoms with E-state index in [0.29, 0.717) is 12.5 Å². The van der Waals surface area contributed by atoms with Crippen LogP contribution in [0, 0.1) is 0 Å². The second-order valence-electron chi connectivity index (χ2n) is 6.59. The predicted octanol–water partition coefficient (Wildman–Crippen LogP) is 6.22. The number of hydrogen-bond acceptors (Lipinski definition) is 2. The summed E-state index contributed by atoms with van der Waals surface area (Å²) in [5, 5.41) is 0.0245. The molecule has 0 fully saturated rings. The lowest BCUT2D eigenvalue weighted by Crippen LogP contribution is -2.33. The monoisotopic (exact) mass is 334 g/mol. The molecule has 0 bridgehead atoms. The summed E-state index contributed by atoms with van der Waals surface area (Å²) in [7, 11) is -1.29. The van der Waals surface area contributed by atoms with Crippen molar-refractivity contribution in [1.82, 2.24) is 0 Å².